The summed E-state index contributed by atoms with van der Waals surface area (Å²) in [7, 11) is 0. The van der Waals surface area contributed by atoms with Gasteiger partial charge in [0.25, 0.3) is 0 Å². The van der Waals surface area contributed by atoms with Gasteiger partial charge in [-0.2, -0.15) is 0 Å². The molecular weight excluding hydrogens is 560 g/mol. The maximum Gasteiger partial charge on any atom is 0.136 e. The van der Waals surface area contributed by atoms with E-state index in [0.29, 0.717) is 0 Å². The van der Waals surface area contributed by atoms with E-state index in [2.05, 4.69) is 140 Å². The Hall–Kier alpha value is -6.12. The molecule has 0 aliphatic rings. The lowest BCUT2D eigenvalue weighted by molar-refractivity contribution is 0.664. The minimum Gasteiger partial charge on any atom is -0.456 e. The van der Waals surface area contributed by atoms with Crippen LogP contribution in [0.4, 0.5) is 0 Å². The van der Waals surface area contributed by atoms with Crippen LogP contribution in [-0.2, 0) is 0 Å². The van der Waals surface area contributed by atoms with Gasteiger partial charge in [-0.1, -0.05) is 121 Å². The molecule has 2 heteroatoms. The van der Waals surface area contributed by atoms with E-state index < -0.39 is 0 Å². The molecule has 46 heavy (non-hydrogen) atoms. The molecule has 0 saturated heterocycles. The van der Waals surface area contributed by atoms with Gasteiger partial charge >= 0.3 is 0 Å². The molecule has 10 aromatic rings. The Bertz CT molecular complexity index is 2740. The van der Waals surface area contributed by atoms with Crippen molar-refractivity contribution >= 4 is 65.4 Å². The second-order valence-corrected chi connectivity index (χ2v) is 12.0. The molecule has 214 valence electrons. The van der Waals surface area contributed by atoms with E-state index in [4.69, 9.17) is 8.83 Å². The Morgan fingerprint density at radius 3 is 1.37 bits per heavy atom. The number of hydrogen-bond donors (Lipinski definition) is 0. The van der Waals surface area contributed by atoms with Crippen LogP contribution in [0.3, 0.4) is 0 Å². The molecule has 0 N–H and O–H groups in total. The molecule has 0 radical (unpaired) electrons. The first-order valence-corrected chi connectivity index (χ1v) is 15.7. The van der Waals surface area contributed by atoms with Gasteiger partial charge in [0, 0.05) is 21.5 Å². The van der Waals surface area contributed by atoms with Crippen LogP contribution in [0.5, 0.6) is 0 Å². The molecule has 0 spiro atoms. The molecular formula is C44H26O2. The Kier molecular flexibility index (Phi) is 5.31. The average Bonchev–Trinajstić information content (AvgIpc) is 3.66. The van der Waals surface area contributed by atoms with Crippen molar-refractivity contribution in [3.8, 4) is 33.4 Å². The van der Waals surface area contributed by atoms with Gasteiger partial charge in [-0.15, -0.1) is 0 Å². The standard InChI is InChI=1S/C44H26O2/c1-2-11-27(12-3-1)43-32-16-4-6-18-34(32)44(35-19-7-5-17-33(35)43)30-14-10-13-28(23-30)29-21-22-40-36(24-29)38-26-41-37(25-42(38)46-40)31-15-8-9-20-39(31)45-41/h1-26H. The summed E-state index contributed by atoms with van der Waals surface area (Å²) in [6, 6.07) is 56.3. The maximum absolute atomic E-state index is 6.37. The molecule has 2 aromatic heterocycles. The summed E-state index contributed by atoms with van der Waals surface area (Å²) < 4.78 is 12.6. The van der Waals surface area contributed by atoms with E-state index in [1.165, 1.54) is 49.4 Å². The zero-order valence-corrected chi connectivity index (χ0v) is 24.8. The van der Waals surface area contributed by atoms with E-state index in [-0.39, 0.29) is 0 Å². The maximum atomic E-state index is 6.37. The summed E-state index contributed by atoms with van der Waals surface area (Å²) in [5.41, 5.74) is 10.8. The van der Waals surface area contributed by atoms with Crippen LogP contribution in [0.15, 0.2) is 167 Å². The number of hydrogen-bond acceptors (Lipinski definition) is 2. The quantitative estimate of drug-likeness (QED) is 0.193. The van der Waals surface area contributed by atoms with Gasteiger partial charge in [-0.25, -0.2) is 0 Å². The van der Waals surface area contributed by atoms with Crippen LogP contribution in [0.25, 0.3) is 98.8 Å². The Balaban J connectivity index is 1.17. The van der Waals surface area contributed by atoms with Gasteiger partial charge in [-0.05, 0) is 91.3 Å². The summed E-state index contributed by atoms with van der Waals surface area (Å²) in [6.07, 6.45) is 0. The number of benzene rings is 8. The molecule has 0 fully saturated rings. The van der Waals surface area contributed by atoms with Crippen molar-refractivity contribution in [3.05, 3.63) is 158 Å². The van der Waals surface area contributed by atoms with Gasteiger partial charge < -0.3 is 8.83 Å². The van der Waals surface area contributed by atoms with Crippen molar-refractivity contribution < 1.29 is 8.83 Å². The average molecular weight is 587 g/mol. The van der Waals surface area contributed by atoms with Crippen LogP contribution in [0.2, 0.25) is 0 Å². The summed E-state index contributed by atoms with van der Waals surface area (Å²) >= 11 is 0. The summed E-state index contributed by atoms with van der Waals surface area (Å²) in [5.74, 6) is 0. The Morgan fingerprint density at radius 2 is 0.696 bits per heavy atom. The molecule has 0 amide bonds. The zero-order valence-electron chi connectivity index (χ0n) is 24.8. The molecule has 10 rings (SSSR count). The fourth-order valence-corrected chi connectivity index (χ4v) is 7.38. The lowest BCUT2D eigenvalue weighted by atomic mass is 9.85. The SMILES string of the molecule is c1ccc(-c2c3ccccc3c(-c3cccc(-c4ccc5oc6cc7c(cc6c5c4)oc4ccccc47)c3)c3ccccc23)cc1. The first-order valence-electron chi connectivity index (χ1n) is 15.7. The fourth-order valence-electron chi connectivity index (χ4n) is 7.38. The predicted octanol–water partition coefficient (Wildman–Crippen LogP) is 12.8. The van der Waals surface area contributed by atoms with Crippen LogP contribution in [-0.4, -0.2) is 0 Å². The third-order valence-electron chi connectivity index (χ3n) is 9.45. The zero-order chi connectivity index (χ0) is 30.2. The van der Waals surface area contributed by atoms with Crippen molar-refractivity contribution in [3.63, 3.8) is 0 Å². The third kappa shape index (κ3) is 3.71. The smallest absolute Gasteiger partial charge is 0.136 e. The Labute approximate surface area is 264 Å². The minimum absolute atomic E-state index is 0.872. The number of furan rings is 2. The number of fused-ring (bicyclic) bond motifs is 8. The molecule has 8 aromatic carbocycles. The highest BCUT2D eigenvalue weighted by atomic mass is 16.3. The predicted molar refractivity (Wildman–Crippen MR) is 192 cm³/mol. The van der Waals surface area contributed by atoms with E-state index in [1.54, 1.807) is 0 Å². The van der Waals surface area contributed by atoms with Gasteiger partial charge in [0.2, 0.25) is 0 Å². The molecule has 2 nitrogen and oxygen atoms in total. The highest BCUT2D eigenvalue weighted by Crippen LogP contribution is 2.44. The molecule has 0 aliphatic carbocycles. The minimum atomic E-state index is 0.872. The van der Waals surface area contributed by atoms with Crippen LogP contribution >= 0.6 is 0 Å². The van der Waals surface area contributed by atoms with Crippen molar-refractivity contribution in [2.24, 2.45) is 0 Å². The Morgan fingerprint density at radius 1 is 0.239 bits per heavy atom. The van der Waals surface area contributed by atoms with E-state index >= 15 is 0 Å². The first-order chi connectivity index (χ1) is 22.8. The molecule has 0 unspecified atom stereocenters. The molecule has 0 bridgehead atoms. The molecule has 0 aliphatic heterocycles. The number of para-hydroxylation sites is 1. The van der Waals surface area contributed by atoms with Crippen molar-refractivity contribution in [1.82, 2.24) is 0 Å². The summed E-state index contributed by atoms with van der Waals surface area (Å²) in [4.78, 5) is 0. The van der Waals surface area contributed by atoms with Gasteiger partial charge in [-0.3, -0.25) is 0 Å². The molecule has 2 heterocycles. The van der Waals surface area contributed by atoms with E-state index in [9.17, 15) is 0 Å². The fraction of sp³-hybridized carbons (Fsp3) is 0. The van der Waals surface area contributed by atoms with Crippen molar-refractivity contribution in [2.45, 2.75) is 0 Å². The van der Waals surface area contributed by atoms with Crippen LogP contribution < -0.4 is 0 Å². The first kappa shape index (κ1) is 25.2. The van der Waals surface area contributed by atoms with E-state index in [1.807, 2.05) is 18.2 Å². The lowest BCUT2D eigenvalue weighted by Crippen LogP contribution is -1.91. The lowest BCUT2D eigenvalue weighted by Gasteiger charge is -2.18. The monoisotopic (exact) mass is 586 g/mol. The second-order valence-electron chi connectivity index (χ2n) is 12.0. The largest absolute Gasteiger partial charge is 0.456 e. The van der Waals surface area contributed by atoms with Crippen molar-refractivity contribution in [2.75, 3.05) is 0 Å². The van der Waals surface area contributed by atoms with Gasteiger partial charge in [0.05, 0.1) is 0 Å². The number of rotatable bonds is 3. The summed E-state index contributed by atoms with van der Waals surface area (Å²) in [6.45, 7) is 0. The van der Waals surface area contributed by atoms with Crippen LogP contribution in [0.1, 0.15) is 0 Å². The van der Waals surface area contributed by atoms with Gasteiger partial charge in [0.1, 0.15) is 22.3 Å². The highest BCUT2D eigenvalue weighted by molar-refractivity contribution is 6.21. The molecule has 0 saturated carbocycles. The van der Waals surface area contributed by atoms with E-state index in [0.717, 1.165) is 49.4 Å². The summed E-state index contributed by atoms with van der Waals surface area (Å²) in [5, 5.41) is 9.36. The van der Waals surface area contributed by atoms with Crippen LogP contribution in [0, 0.1) is 0 Å². The second kappa shape index (κ2) is 9.69. The normalized spacial score (nSPS) is 11.9. The molecule has 0 atom stereocenters. The third-order valence-corrected chi connectivity index (χ3v) is 9.45. The van der Waals surface area contributed by atoms with Crippen molar-refractivity contribution in [1.29, 1.82) is 0 Å². The van der Waals surface area contributed by atoms with Gasteiger partial charge in [0.15, 0.2) is 0 Å². The highest BCUT2D eigenvalue weighted by Gasteiger charge is 2.18. The topological polar surface area (TPSA) is 26.3 Å².